The molecule has 0 atom stereocenters. The summed E-state index contributed by atoms with van der Waals surface area (Å²) in [4.78, 5) is 0. The lowest BCUT2D eigenvalue weighted by molar-refractivity contribution is 0.394. The predicted octanol–water partition coefficient (Wildman–Crippen LogP) is 3.56. The lowest BCUT2D eigenvalue weighted by atomic mass is 10.1. The normalized spacial score (nSPS) is 11.1. The average Bonchev–Trinajstić information content (AvgIpc) is 3.07. The number of ether oxygens (including phenoxy) is 2. The second-order valence-electron chi connectivity index (χ2n) is 5.59. The van der Waals surface area contributed by atoms with Crippen molar-refractivity contribution in [1.29, 1.82) is 5.26 Å². The van der Waals surface area contributed by atoms with E-state index in [0.717, 1.165) is 11.1 Å². The van der Waals surface area contributed by atoms with Crippen LogP contribution < -0.4 is 9.47 Å². The second kappa shape index (κ2) is 7.53. The Morgan fingerprint density at radius 1 is 1.04 bits per heavy atom. The Hall–Kier alpha value is -3.59. The number of hydrogen-bond acceptors (Lipinski definition) is 5. The van der Waals surface area contributed by atoms with Crippen LogP contribution in [0.25, 0.3) is 23.0 Å². The Labute approximate surface area is 151 Å². The van der Waals surface area contributed by atoms with Crippen molar-refractivity contribution in [2.45, 2.75) is 0 Å². The van der Waals surface area contributed by atoms with Crippen molar-refractivity contribution >= 4 is 11.6 Å². The molecule has 6 heteroatoms. The number of aromatic nitrogens is 3. The van der Waals surface area contributed by atoms with Crippen LogP contribution in [0.15, 0.2) is 48.5 Å². The highest BCUT2D eigenvalue weighted by molar-refractivity contribution is 5.88. The van der Waals surface area contributed by atoms with Gasteiger partial charge in [-0.25, -0.2) is 0 Å². The highest BCUT2D eigenvalue weighted by atomic mass is 16.5. The van der Waals surface area contributed by atoms with Crippen molar-refractivity contribution in [3.63, 3.8) is 0 Å². The molecule has 1 aromatic heterocycles. The van der Waals surface area contributed by atoms with Crippen LogP contribution in [0, 0.1) is 11.3 Å². The zero-order chi connectivity index (χ0) is 18.5. The van der Waals surface area contributed by atoms with E-state index in [1.807, 2.05) is 54.1 Å². The highest BCUT2D eigenvalue weighted by Crippen LogP contribution is 2.26. The molecule has 0 aliphatic rings. The van der Waals surface area contributed by atoms with Crippen LogP contribution in [0.2, 0.25) is 0 Å². The quantitative estimate of drug-likeness (QED) is 0.661. The molecule has 0 radical (unpaired) electrons. The minimum absolute atomic E-state index is 0.400. The molecule has 0 saturated heterocycles. The van der Waals surface area contributed by atoms with Gasteiger partial charge in [0.2, 0.25) is 0 Å². The maximum atomic E-state index is 9.64. The molecule has 0 bridgehead atoms. The molecule has 0 aliphatic carbocycles. The first-order chi connectivity index (χ1) is 12.7. The number of methoxy groups -OCH3 is 2. The van der Waals surface area contributed by atoms with Gasteiger partial charge in [0.05, 0.1) is 19.8 Å². The minimum atomic E-state index is 0.400. The van der Waals surface area contributed by atoms with Crippen molar-refractivity contribution in [1.82, 2.24) is 14.8 Å². The molecular formula is C20H18N4O2. The summed E-state index contributed by atoms with van der Waals surface area (Å²) in [5.74, 6) is 2.49. The van der Waals surface area contributed by atoms with E-state index in [0.29, 0.717) is 28.7 Å². The number of rotatable bonds is 5. The van der Waals surface area contributed by atoms with Gasteiger partial charge in [-0.15, -0.1) is 10.2 Å². The Morgan fingerprint density at radius 3 is 2.27 bits per heavy atom. The van der Waals surface area contributed by atoms with E-state index in [2.05, 4.69) is 16.3 Å². The van der Waals surface area contributed by atoms with Crippen molar-refractivity contribution in [2.75, 3.05) is 14.2 Å². The van der Waals surface area contributed by atoms with E-state index in [1.165, 1.54) is 0 Å². The van der Waals surface area contributed by atoms with Gasteiger partial charge in [-0.2, -0.15) is 5.26 Å². The Balaban J connectivity index is 2.04. The lowest BCUT2D eigenvalue weighted by Crippen LogP contribution is -1.98. The van der Waals surface area contributed by atoms with Gasteiger partial charge in [-0.05, 0) is 23.8 Å². The maximum Gasteiger partial charge on any atom is 0.174 e. The minimum Gasteiger partial charge on any atom is -0.497 e. The molecule has 26 heavy (non-hydrogen) atoms. The smallest absolute Gasteiger partial charge is 0.174 e. The third-order valence-electron chi connectivity index (χ3n) is 3.95. The molecule has 3 rings (SSSR count). The summed E-state index contributed by atoms with van der Waals surface area (Å²) in [5, 5.41) is 18.1. The van der Waals surface area contributed by atoms with Gasteiger partial charge in [0.15, 0.2) is 11.6 Å². The van der Waals surface area contributed by atoms with Gasteiger partial charge in [-0.1, -0.05) is 30.3 Å². The molecule has 0 fully saturated rings. The summed E-state index contributed by atoms with van der Waals surface area (Å²) in [6.07, 6.45) is 1.74. The standard InChI is InChI=1S/C20H18N4O2/c1-24-19(15-7-5-4-6-8-15)22-23-20(24)16(13-21)9-14-10-17(25-2)12-18(11-14)26-3/h4-12H,1-3H3. The molecule has 3 aromatic rings. The number of benzene rings is 2. The van der Waals surface area contributed by atoms with Gasteiger partial charge in [-0.3, -0.25) is 0 Å². The zero-order valence-electron chi connectivity index (χ0n) is 14.8. The number of nitriles is 1. The van der Waals surface area contributed by atoms with Crippen LogP contribution >= 0.6 is 0 Å². The summed E-state index contributed by atoms with van der Waals surface area (Å²) < 4.78 is 12.4. The molecule has 130 valence electrons. The highest BCUT2D eigenvalue weighted by Gasteiger charge is 2.14. The SMILES string of the molecule is COc1cc(C=C(C#N)c2nnc(-c3ccccc3)n2C)cc(OC)c1. The van der Waals surface area contributed by atoms with E-state index in [4.69, 9.17) is 9.47 Å². The molecule has 0 aliphatic heterocycles. The van der Waals surface area contributed by atoms with Gasteiger partial charge in [0.1, 0.15) is 17.6 Å². The van der Waals surface area contributed by atoms with Crippen LogP contribution in [0.3, 0.4) is 0 Å². The molecule has 2 aromatic carbocycles. The Kier molecular flexibility index (Phi) is 4.99. The van der Waals surface area contributed by atoms with E-state index in [1.54, 1.807) is 26.4 Å². The summed E-state index contributed by atoms with van der Waals surface area (Å²) in [6, 6.07) is 17.4. The first-order valence-corrected chi connectivity index (χ1v) is 7.96. The van der Waals surface area contributed by atoms with Crippen LogP contribution in [-0.2, 0) is 7.05 Å². The molecule has 6 nitrogen and oxygen atoms in total. The summed E-state index contributed by atoms with van der Waals surface area (Å²) in [7, 11) is 5.01. The molecule has 0 unspecified atom stereocenters. The number of hydrogen-bond donors (Lipinski definition) is 0. The van der Waals surface area contributed by atoms with Gasteiger partial charge in [0.25, 0.3) is 0 Å². The number of allylic oxidation sites excluding steroid dienone is 1. The molecule has 0 saturated carbocycles. The van der Waals surface area contributed by atoms with Crippen molar-refractivity contribution in [3.8, 4) is 29.0 Å². The first kappa shape index (κ1) is 17.2. The molecule has 1 heterocycles. The van der Waals surface area contributed by atoms with Gasteiger partial charge in [0, 0.05) is 18.7 Å². The fourth-order valence-corrected chi connectivity index (χ4v) is 2.63. The zero-order valence-corrected chi connectivity index (χ0v) is 14.8. The maximum absolute atomic E-state index is 9.64. The fourth-order valence-electron chi connectivity index (χ4n) is 2.63. The second-order valence-corrected chi connectivity index (χ2v) is 5.59. The van der Waals surface area contributed by atoms with Crippen molar-refractivity contribution in [2.24, 2.45) is 7.05 Å². The van der Waals surface area contributed by atoms with E-state index >= 15 is 0 Å². The topological polar surface area (TPSA) is 73.0 Å². The lowest BCUT2D eigenvalue weighted by Gasteiger charge is -2.07. The summed E-state index contributed by atoms with van der Waals surface area (Å²) in [6.45, 7) is 0. The average molecular weight is 346 g/mol. The predicted molar refractivity (Wildman–Crippen MR) is 99.5 cm³/mol. The van der Waals surface area contributed by atoms with Gasteiger partial charge < -0.3 is 14.0 Å². The van der Waals surface area contributed by atoms with E-state index in [-0.39, 0.29) is 0 Å². The van der Waals surface area contributed by atoms with Gasteiger partial charge >= 0.3 is 0 Å². The number of nitrogens with zero attached hydrogens (tertiary/aromatic N) is 4. The monoisotopic (exact) mass is 346 g/mol. The third-order valence-corrected chi connectivity index (χ3v) is 3.95. The Bertz CT molecular complexity index is 963. The fraction of sp³-hybridized carbons (Fsp3) is 0.150. The van der Waals surface area contributed by atoms with Crippen molar-refractivity contribution < 1.29 is 9.47 Å². The van der Waals surface area contributed by atoms with Crippen molar-refractivity contribution in [3.05, 3.63) is 59.9 Å². The molecular weight excluding hydrogens is 328 g/mol. The van der Waals surface area contributed by atoms with Crippen LogP contribution in [0.5, 0.6) is 11.5 Å². The summed E-state index contributed by atoms with van der Waals surface area (Å²) in [5.41, 5.74) is 2.12. The van der Waals surface area contributed by atoms with E-state index in [9.17, 15) is 5.26 Å². The largest absolute Gasteiger partial charge is 0.497 e. The molecule has 0 amide bonds. The molecule has 0 spiro atoms. The van der Waals surface area contributed by atoms with Crippen LogP contribution in [0.1, 0.15) is 11.4 Å². The summed E-state index contributed by atoms with van der Waals surface area (Å²) >= 11 is 0. The molecule has 0 N–H and O–H groups in total. The van der Waals surface area contributed by atoms with E-state index < -0.39 is 0 Å². The Morgan fingerprint density at radius 2 is 1.69 bits per heavy atom. The first-order valence-electron chi connectivity index (χ1n) is 7.96. The van der Waals surface area contributed by atoms with Crippen LogP contribution in [0.4, 0.5) is 0 Å². The third kappa shape index (κ3) is 3.42. The van der Waals surface area contributed by atoms with Crippen LogP contribution in [-0.4, -0.2) is 29.0 Å².